The van der Waals surface area contributed by atoms with Gasteiger partial charge in [-0.2, -0.15) is 0 Å². The number of benzene rings is 5. The molecule has 5 aromatic carbocycles. The van der Waals surface area contributed by atoms with Crippen LogP contribution >= 0.6 is 11.8 Å². The fourth-order valence-electron chi connectivity index (χ4n) is 5.23. The van der Waals surface area contributed by atoms with E-state index in [0.717, 1.165) is 10.5 Å². The predicted molar refractivity (Wildman–Crippen MR) is 198 cm³/mol. The van der Waals surface area contributed by atoms with Gasteiger partial charge in [-0.05, 0) is 77.9 Å². The average molecular weight is 702 g/mol. The monoisotopic (exact) mass is 701 g/mol. The van der Waals surface area contributed by atoms with Gasteiger partial charge in [0.05, 0.1) is 14.2 Å². The fraction of sp³-hybridized carbons (Fsp3) is 0.125. The van der Waals surface area contributed by atoms with Gasteiger partial charge in [-0.25, -0.2) is 0 Å². The molecule has 0 aliphatic carbocycles. The molecule has 3 N–H and O–H groups in total. The minimum absolute atomic E-state index is 0.0227. The minimum Gasteiger partial charge on any atom is -0.493 e. The summed E-state index contributed by atoms with van der Waals surface area (Å²) >= 11 is 1.37. The number of methoxy groups -OCH3 is 2. The number of fused-ring (bicyclic) bond motifs is 1. The maximum Gasteiger partial charge on any atom is 0.272 e. The third-order valence-corrected chi connectivity index (χ3v) is 9.03. The number of ether oxygens (including phenoxy) is 4. The number of nitrogens with one attached hydrogen (secondary N) is 3. The van der Waals surface area contributed by atoms with Gasteiger partial charge in [0.1, 0.15) is 24.2 Å². The van der Waals surface area contributed by atoms with Crippen LogP contribution in [-0.4, -0.2) is 45.2 Å². The lowest BCUT2D eigenvalue weighted by atomic mass is 10.1. The summed E-state index contributed by atoms with van der Waals surface area (Å²) in [7, 11) is 3.06. The second kappa shape index (κ2) is 16.5. The number of amides is 3. The molecule has 0 saturated heterocycles. The molecule has 1 aliphatic rings. The molecule has 51 heavy (non-hydrogen) atoms. The van der Waals surface area contributed by atoms with Crippen molar-refractivity contribution in [3.8, 4) is 23.0 Å². The van der Waals surface area contributed by atoms with Crippen molar-refractivity contribution in [2.75, 3.05) is 38.1 Å². The smallest absolute Gasteiger partial charge is 0.272 e. The third kappa shape index (κ3) is 8.89. The Morgan fingerprint density at radius 2 is 1.37 bits per heavy atom. The van der Waals surface area contributed by atoms with Gasteiger partial charge in [0.15, 0.2) is 23.0 Å². The Kier molecular flexibility index (Phi) is 11.2. The Labute approximate surface area is 299 Å². The van der Waals surface area contributed by atoms with Crippen molar-refractivity contribution in [2.24, 2.45) is 0 Å². The molecule has 0 spiro atoms. The first kappa shape index (κ1) is 34.7. The zero-order valence-corrected chi connectivity index (χ0v) is 28.7. The first-order valence-electron chi connectivity index (χ1n) is 16.0. The van der Waals surface area contributed by atoms with Crippen LogP contribution in [0.25, 0.3) is 6.08 Å². The molecule has 0 bridgehead atoms. The fourth-order valence-corrected chi connectivity index (χ4v) is 6.26. The van der Waals surface area contributed by atoms with E-state index >= 15 is 0 Å². The number of anilines is 2. The standard InChI is InChI=1S/C40H35N3O7S/c1-47-33-19-13-26(24-35(33)48-2)23-32(43-38(44)28-11-7-4-8-12-28)39(45)41-29-14-17-31(18-15-29)51-37(27-9-5-3-6-10-27)40(46)42-30-16-20-34-36(25-30)50-22-21-49-34/h3-20,23-25,37H,21-22H2,1-2H3,(H,41,45)(H,42,46)(H,43,44)/b32-23-. The van der Waals surface area contributed by atoms with Crippen molar-refractivity contribution in [3.05, 3.63) is 144 Å². The van der Waals surface area contributed by atoms with E-state index in [1.807, 2.05) is 42.5 Å². The maximum atomic E-state index is 13.7. The summed E-state index contributed by atoms with van der Waals surface area (Å²) in [5.41, 5.74) is 2.95. The van der Waals surface area contributed by atoms with E-state index in [0.29, 0.717) is 58.7 Å². The minimum atomic E-state index is -0.580. The van der Waals surface area contributed by atoms with Gasteiger partial charge < -0.3 is 34.9 Å². The van der Waals surface area contributed by atoms with Gasteiger partial charge in [-0.15, -0.1) is 11.8 Å². The van der Waals surface area contributed by atoms with E-state index < -0.39 is 17.1 Å². The second-order valence-electron chi connectivity index (χ2n) is 11.2. The molecular weight excluding hydrogens is 667 g/mol. The lowest BCUT2D eigenvalue weighted by molar-refractivity contribution is -0.116. The highest BCUT2D eigenvalue weighted by molar-refractivity contribution is 8.00. The Morgan fingerprint density at radius 3 is 2.08 bits per heavy atom. The molecule has 1 unspecified atom stereocenters. The van der Waals surface area contributed by atoms with Crippen LogP contribution in [0.3, 0.4) is 0 Å². The Hall–Kier alpha value is -6.20. The first-order chi connectivity index (χ1) is 24.9. The van der Waals surface area contributed by atoms with Crippen molar-refractivity contribution < 1.29 is 33.3 Å². The topological polar surface area (TPSA) is 124 Å². The SMILES string of the molecule is COc1ccc(/C=C(\NC(=O)c2ccccc2)C(=O)Nc2ccc(SC(C(=O)Nc3ccc4c(c3)OCCO4)c3ccccc3)cc2)cc1OC. The molecule has 0 aromatic heterocycles. The Morgan fingerprint density at radius 1 is 0.706 bits per heavy atom. The Balaban J connectivity index is 1.19. The number of rotatable bonds is 12. The average Bonchev–Trinajstić information content (AvgIpc) is 3.17. The Bertz CT molecular complexity index is 2040. The molecule has 5 aromatic rings. The number of thioether (sulfide) groups is 1. The second-order valence-corrected chi connectivity index (χ2v) is 12.4. The molecule has 0 fully saturated rings. The van der Waals surface area contributed by atoms with Crippen molar-refractivity contribution >= 4 is 46.9 Å². The van der Waals surface area contributed by atoms with E-state index in [4.69, 9.17) is 18.9 Å². The van der Waals surface area contributed by atoms with Crippen molar-refractivity contribution in [2.45, 2.75) is 10.1 Å². The summed E-state index contributed by atoms with van der Waals surface area (Å²) in [5.74, 6) is 1.05. The molecule has 3 amide bonds. The maximum absolute atomic E-state index is 13.7. The largest absolute Gasteiger partial charge is 0.493 e. The number of carbonyl (C=O) groups excluding carboxylic acids is 3. The van der Waals surface area contributed by atoms with Gasteiger partial charge >= 0.3 is 0 Å². The molecular formula is C40H35N3O7S. The summed E-state index contributed by atoms with van der Waals surface area (Å²) in [6, 6.07) is 35.8. The van der Waals surface area contributed by atoms with E-state index in [2.05, 4.69) is 16.0 Å². The summed E-state index contributed by atoms with van der Waals surface area (Å²) in [6.45, 7) is 0.928. The van der Waals surface area contributed by atoms with Gasteiger partial charge in [0, 0.05) is 27.9 Å². The van der Waals surface area contributed by atoms with Crippen LogP contribution < -0.4 is 34.9 Å². The van der Waals surface area contributed by atoms with Crippen LogP contribution in [0.15, 0.2) is 132 Å². The van der Waals surface area contributed by atoms with Gasteiger partial charge in [-0.3, -0.25) is 14.4 Å². The predicted octanol–water partition coefficient (Wildman–Crippen LogP) is 7.36. The van der Waals surface area contributed by atoms with Crippen LogP contribution in [0.1, 0.15) is 26.7 Å². The third-order valence-electron chi connectivity index (χ3n) is 7.76. The summed E-state index contributed by atoms with van der Waals surface area (Å²) < 4.78 is 22.0. The van der Waals surface area contributed by atoms with Gasteiger partial charge in [-0.1, -0.05) is 54.6 Å². The van der Waals surface area contributed by atoms with Crippen molar-refractivity contribution in [1.82, 2.24) is 5.32 Å². The zero-order chi connectivity index (χ0) is 35.6. The normalized spacial score (nSPS) is 12.6. The highest BCUT2D eigenvalue weighted by Gasteiger charge is 2.23. The molecule has 258 valence electrons. The van der Waals surface area contributed by atoms with Crippen molar-refractivity contribution in [3.63, 3.8) is 0 Å². The zero-order valence-electron chi connectivity index (χ0n) is 27.9. The quantitative estimate of drug-likeness (QED) is 0.0911. The van der Waals surface area contributed by atoms with Crippen LogP contribution in [0.5, 0.6) is 23.0 Å². The molecule has 11 heteroatoms. The lowest BCUT2D eigenvalue weighted by Gasteiger charge is -2.20. The molecule has 6 rings (SSSR count). The highest BCUT2D eigenvalue weighted by Crippen LogP contribution is 2.38. The van der Waals surface area contributed by atoms with Gasteiger partial charge in [0.25, 0.3) is 11.8 Å². The molecule has 0 radical (unpaired) electrons. The first-order valence-corrected chi connectivity index (χ1v) is 16.9. The molecule has 1 heterocycles. The van der Waals surface area contributed by atoms with Gasteiger partial charge in [0.2, 0.25) is 5.91 Å². The molecule has 0 saturated carbocycles. The van der Waals surface area contributed by atoms with Crippen LogP contribution in [0.2, 0.25) is 0 Å². The molecule has 1 aliphatic heterocycles. The molecule has 1 atom stereocenters. The number of hydrogen-bond donors (Lipinski definition) is 3. The number of carbonyl (C=O) groups is 3. The van der Waals surface area contributed by atoms with E-state index in [-0.39, 0.29) is 11.6 Å². The van der Waals surface area contributed by atoms with Crippen LogP contribution in [0, 0.1) is 0 Å². The van der Waals surface area contributed by atoms with Crippen LogP contribution in [0.4, 0.5) is 11.4 Å². The number of hydrogen-bond acceptors (Lipinski definition) is 8. The van der Waals surface area contributed by atoms with E-state index in [9.17, 15) is 14.4 Å². The van der Waals surface area contributed by atoms with Crippen LogP contribution in [-0.2, 0) is 9.59 Å². The summed E-state index contributed by atoms with van der Waals surface area (Å²) in [6.07, 6.45) is 1.56. The molecule has 10 nitrogen and oxygen atoms in total. The van der Waals surface area contributed by atoms with Crippen molar-refractivity contribution in [1.29, 1.82) is 0 Å². The van der Waals surface area contributed by atoms with E-state index in [1.165, 1.54) is 26.0 Å². The van der Waals surface area contributed by atoms with E-state index in [1.54, 1.807) is 84.9 Å². The summed E-state index contributed by atoms with van der Waals surface area (Å²) in [5, 5.41) is 8.06. The lowest BCUT2D eigenvalue weighted by Crippen LogP contribution is -2.30. The summed E-state index contributed by atoms with van der Waals surface area (Å²) in [4.78, 5) is 41.2. The highest BCUT2D eigenvalue weighted by atomic mass is 32.2.